The van der Waals surface area contributed by atoms with Crippen LogP contribution in [-0.4, -0.2) is 7.11 Å². The van der Waals surface area contributed by atoms with Crippen molar-refractivity contribution in [2.75, 3.05) is 7.11 Å². The molecule has 0 spiro atoms. The van der Waals surface area contributed by atoms with Crippen LogP contribution in [0.5, 0.6) is 5.75 Å². The molecule has 0 radical (unpaired) electrons. The van der Waals surface area contributed by atoms with Gasteiger partial charge in [-0.05, 0) is 19.1 Å². The molecule has 0 aliphatic carbocycles. The van der Waals surface area contributed by atoms with Crippen molar-refractivity contribution in [3.05, 3.63) is 29.3 Å². The van der Waals surface area contributed by atoms with Crippen molar-refractivity contribution in [3.63, 3.8) is 0 Å². The highest BCUT2D eigenvalue weighted by atomic mass is 35.5. The van der Waals surface area contributed by atoms with E-state index in [9.17, 15) is 8.78 Å². The number of methoxy groups -OCH3 is 1. The normalized spacial score (nSPS) is 11.8. The van der Waals surface area contributed by atoms with E-state index in [0.29, 0.717) is 0 Å². The SMILES string of the molecule is COc1ccc(F)c([C@@H](C)N)c1F.Cl. The first-order chi connectivity index (χ1) is 6.07. The van der Waals surface area contributed by atoms with Gasteiger partial charge in [0.05, 0.1) is 7.11 Å². The van der Waals surface area contributed by atoms with Crippen molar-refractivity contribution in [3.8, 4) is 5.75 Å². The quantitative estimate of drug-likeness (QED) is 0.836. The van der Waals surface area contributed by atoms with Crippen molar-refractivity contribution in [2.24, 2.45) is 5.73 Å². The number of hydrogen-bond donors (Lipinski definition) is 1. The van der Waals surface area contributed by atoms with E-state index in [0.717, 1.165) is 6.07 Å². The second kappa shape index (κ2) is 5.12. The Bertz CT molecular complexity index is 318. The average molecular weight is 224 g/mol. The van der Waals surface area contributed by atoms with Gasteiger partial charge in [0.25, 0.3) is 0 Å². The Labute approximate surface area is 87.5 Å². The van der Waals surface area contributed by atoms with Crippen LogP contribution in [-0.2, 0) is 0 Å². The van der Waals surface area contributed by atoms with Crippen molar-refractivity contribution in [2.45, 2.75) is 13.0 Å². The zero-order valence-electron chi connectivity index (χ0n) is 7.88. The first-order valence-electron chi connectivity index (χ1n) is 3.85. The fraction of sp³-hybridized carbons (Fsp3) is 0.333. The van der Waals surface area contributed by atoms with Gasteiger partial charge < -0.3 is 10.5 Å². The molecule has 0 aromatic heterocycles. The summed E-state index contributed by atoms with van der Waals surface area (Å²) >= 11 is 0. The summed E-state index contributed by atoms with van der Waals surface area (Å²) in [5.74, 6) is -1.36. The Morgan fingerprint density at radius 3 is 2.36 bits per heavy atom. The van der Waals surface area contributed by atoms with Crippen LogP contribution in [0, 0.1) is 11.6 Å². The maximum Gasteiger partial charge on any atom is 0.172 e. The topological polar surface area (TPSA) is 35.2 Å². The van der Waals surface area contributed by atoms with Crippen molar-refractivity contribution >= 4 is 12.4 Å². The lowest BCUT2D eigenvalue weighted by molar-refractivity contribution is 0.378. The molecule has 0 aliphatic rings. The Hall–Kier alpha value is -0.870. The minimum atomic E-state index is -0.725. The third-order valence-corrected chi connectivity index (χ3v) is 1.77. The van der Waals surface area contributed by atoms with Crippen LogP contribution >= 0.6 is 12.4 Å². The molecule has 0 amide bonds. The molecule has 80 valence electrons. The summed E-state index contributed by atoms with van der Waals surface area (Å²) in [6.45, 7) is 1.51. The van der Waals surface area contributed by atoms with Gasteiger partial charge in [0.1, 0.15) is 5.82 Å². The van der Waals surface area contributed by atoms with Gasteiger partial charge in [-0.15, -0.1) is 12.4 Å². The van der Waals surface area contributed by atoms with E-state index in [1.165, 1.54) is 20.1 Å². The van der Waals surface area contributed by atoms with Gasteiger partial charge in [-0.2, -0.15) is 0 Å². The third kappa shape index (κ3) is 2.33. The molecule has 1 rings (SSSR count). The second-order valence-electron chi connectivity index (χ2n) is 2.77. The number of rotatable bonds is 2. The molecule has 5 heteroatoms. The Morgan fingerprint density at radius 2 is 1.93 bits per heavy atom. The van der Waals surface area contributed by atoms with E-state index in [4.69, 9.17) is 10.5 Å². The first kappa shape index (κ1) is 13.1. The lowest BCUT2D eigenvalue weighted by Gasteiger charge is -2.11. The third-order valence-electron chi connectivity index (χ3n) is 1.77. The summed E-state index contributed by atoms with van der Waals surface area (Å²) in [6.07, 6.45) is 0. The Kier molecular flexibility index (Phi) is 4.80. The van der Waals surface area contributed by atoms with E-state index in [-0.39, 0.29) is 23.7 Å². The Balaban J connectivity index is 0.00000169. The number of hydrogen-bond acceptors (Lipinski definition) is 2. The summed E-state index contributed by atoms with van der Waals surface area (Å²) < 4.78 is 31.1. The second-order valence-corrected chi connectivity index (χ2v) is 2.77. The van der Waals surface area contributed by atoms with Crippen LogP contribution in [0.4, 0.5) is 8.78 Å². The van der Waals surface area contributed by atoms with Crippen molar-refractivity contribution in [1.82, 2.24) is 0 Å². The summed E-state index contributed by atoms with van der Waals surface area (Å²) in [6, 6.07) is 1.69. The van der Waals surface area contributed by atoms with Crippen molar-refractivity contribution < 1.29 is 13.5 Å². The molecule has 2 nitrogen and oxygen atoms in total. The predicted octanol–water partition coefficient (Wildman–Crippen LogP) is 2.41. The fourth-order valence-corrected chi connectivity index (χ4v) is 1.12. The minimum absolute atomic E-state index is 0. The van der Waals surface area contributed by atoms with Gasteiger partial charge in [0.15, 0.2) is 11.6 Å². The minimum Gasteiger partial charge on any atom is -0.494 e. The van der Waals surface area contributed by atoms with Gasteiger partial charge in [-0.25, -0.2) is 8.78 Å². The lowest BCUT2D eigenvalue weighted by Crippen LogP contribution is -2.10. The molecule has 0 bridgehead atoms. The molecule has 0 unspecified atom stereocenters. The largest absolute Gasteiger partial charge is 0.494 e. The highest BCUT2D eigenvalue weighted by molar-refractivity contribution is 5.85. The molecule has 14 heavy (non-hydrogen) atoms. The maximum atomic E-state index is 13.3. The van der Waals surface area contributed by atoms with Gasteiger partial charge in [-0.3, -0.25) is 0 Å². The van der Waals surface area contributed by atoms with E-state index in [1.54, 1.807) is 0 Å². The monoisotopic (exact) mass is 223 g/mol. The standard InChI is InChI=1S/C9H11F2NO.ClH/c1-5(12)8-6(10)3-4-7(13-2)9(8)11;/h3-5H,12H2,1-2H3;1H/t5-;/m1./s1. The highest BCUT2D eigenvalue weighted by Crippen LogP contribution is 2.26. The van der Waals surface area contributed by atoms with Crippen LogP contribution < -0.4 is 10.5 Å². The molecule has 2 N–H and O–H groups in total. The van der Waals surface area contributed by atoms with Gasteiger partial charge >= 0.3 is 0 Å². The summed E-state index contributed by atoms with van der Waals surface area (Å²) in [4.78, 5) is 0. The summed E-state index contributed by atoms with van der Waals surface area (Å²) in [7, 11) is 1.32. The average Bonchev–Trinajstić information content (AvgIpc) is 2.04. The van der Waals surface area contributed by atoms with Crippen LogP contribution in [0.25, 0.3) is 0 Å². The molecular weight excluding hydrogens is 212 g/mol. The summed E-state index contributed by atoms with van der Waals surface area (Å²) in [5, 5.41) is 0. The molecule has 1 aromatic rings. The predicted molar refractivity (Wildman–Crippen MR) is 52.8 cm³/mol. The molecule has 1 atom stereocenters. The molecular formula is C9H12ClF2NO. The van der Waals surface area contributed by atoms with Gasteiger partial charge in [0.2, 0.25) is 0 Å². The van der Waals surface area contributed by atoms with Crippen LogP contribution in [0.2, 0.25) is 0 Å². The van der Waals surface area contributed by atoms with Crippen LogP contribution in [0.1, 0.15) is 18.5 Å². The molecule has 0 heterocycles. The number of benzene rings is 1. The molecule has 0 aliphatic heterocycles. The number of nitrogens with two attached hydrogens (primary N) is 1. The highest BCUT2D eigenvalue weighted by Gasteiger charge is 2.16. The zero-order chi connectivity index (χ0) is 10.0. The smallest absolute Gasteiger partial charge is 0.172 e. The molecule has 0 fully saturated rings. The fourth-order valence-electron chi connectivity index (χ4n) is 1.12. The lowest BCUT2D eigenvalue weighted by atomic mass is 10.1. The Morgan fingerprint density at radius 1 is 1.36 bits per heavy atom. The van der Waals surface area contributed by atoms with Crippen LogP contribution in [0.15, 0.2) is 12.1 Å². The zero-order valence-corrected chi connectivity index (χ0v) is 8.70. The molecule has 0 saturated heterocycles. The van der Waals surface area contributed by atoms with E-state index in [1.807, 2.05) is 0 Å². The summed E-state index contributed by atoms with van der Waals surface area (Å²) in [5.41, 5.74) is 5.26. The number of halogens is 3. The molecule has 1 aromatic carbocycles. The van der Waals surface area contributed by atoms with Crippen LogP contribution in [0.3, 0.4) is 0 Å². The first-order valence-corrected chi connectivity index (χ1v) is 3.85. The van der Waals surface area contributed by atoms with Crippen molar-refractivity contribution in [1.29, 1.82) is 0 Å². The molecule has 0 saturated carbocycles. The maximum absolute atomic E-state index is 13.3. The van der Waals surface area contributed by atoms with Gasteiger partial charge in [-0.1, -0.05) is 0 Å². The van der Waals surface area contributed by atoms with E-state index in [2.05, 4.69) is 0 Å². The van der Waals surface area contributed by atoms with E-state index >= 15 is 0 Å². The van der Waals surface area contributed by atoms with E-state index < -0.39 is 17.7 Å². The number of ether oxygens (including phenoxy) is 1. The van der Waals surface area contributed by atoms with Gasteiger partial charge in [0, 0.05) is 11.6 Å².